The Bertz CT molecular complexity index is 570. The van der Waals surface area contributed by atoms with E-state index in [4.69, 9.17) is 10.5 Å². The molecule has 94 valence electrons. The normalized spacial score (nSPS) is 10.2. The summed E-state index contributed by atoms with van der Waals surface area (Å²) in [6, 6.07) is 11.9. The van der Waals surface area contributed by atoms with Crippen LogP contribution in [-0.2, 0) is 0 Å². The van der Waals surface area contributed by atoms with E-state index in [1.807, 2.05) is 43.3 Å². The van der Waals surface area contributed by atoms with Gasteiger partial charge in [0.05, 0.1) is 18.5 Å². The smallest absolute Gasteiger partial charge is 0.120 e. The Labute approximate surface area is 120 Å². The third-order valence-corrected chi connectivity index (χ3v) is 3.40. The molecule has 0 unspecified atom stereocenters. The van der Waals surface area contributed by atoms with Crippen molar-refractivity contribution in [3.63, 3.8) is 0 Å². The fourth-order valence-electron chi connectivity index (χ4n) is 1.66. The molecule has 0 aliphatic rings. The minimum Gasteiger partial charge on any atom is -0.497 e. The van der Waals surface area contributed by atoms with Crippen LogP contribution in [0.2, 0.25) is 0 Å². The number of nitrogens with two attached hydrogens (primary N) is 1. The van der Waals surface area contributed by atoms with Crippen LogP contribution in [0.3, 0.4) is 0 Å². The topological polar surface area (TPSA) is 47.3 Å². The van der Waals surface area contributed by atoms with Gasteiger partial charge < -0.3 is 15.8 Å². The maximum atomic E-state index is 5.99. The number of benzene rings is 2. The van der Waals surface area contributed by atoms with Gasteiger partial charge in [0.25, 0.3) is 0 Å². The summed E-state index contributed by atoms with van der Waals surface area (Å²) < 4.78 is 6.35. The first-order valence-corrected chi connectivity index (χ1v) is 6.64. The van der Waals surface area contributed by atoms with Crippen molar-refractivity contribution >= 4 is 39.7 Å². The molecule has 0 aliphatic heterocycles. The van der Waals surface area contributed by atoms with Gasteiger partial charge in [-0.1, -0.05) is 6.07 Å². The number of methoxy groups -OCH3 is 1. The van der Waals surface area contributed by atoms with Crippen LogP contribution in [-0.4, -0.2) is 7.11 Å². The summed E-state index contributed by atoms with van der Waals surface area (Å²) >= 11 is 2.24. The number of ether oxygens (including phenoxy) is 1. The predicted molar refractivity (Wildman–Crippen MR) is 84.6 cm³/mol. The second-order valence-corrected chi connectivity index (χ2v) is 5.28. The first-order chi connectivity index (χ1) is 8.60. The van der Waals surface area contributed by atoms with Gasteiger partial charge in [0.1, 0.15) is 5.75 Å². The summed E-state index contributed by atoms with van der Waals surface area (Å²) in [6.07, 6.45) is 0. The Morgan fingerprint density at radius 3 is 2.56 bits per heavy atom. The Hall–Kier alpha value is -1.43. The molecule has 2 aromatic rings. The van der Waals surface area contributed by atoms with Gasteiger partial charge in [-0.25, -0.2) is 0 Å². The Morgan fingerprint density at radius 1 is 1.11 bits per heavy atom. The quantitative estimate of drug-likeness (QED) is 0.649. The Balaban J connectivity index is 2.33. The van der Waals surface area contributed by atoms with Crippen molar-refractivity contribution in [1.82, 2.24) is 0 Å². The van der Waals surface area contributed by atoms with Crippen molar-refractivity contribution in [3.8, 4) is 5.75 Å². The molecule has 0 atom stereocenters. The number of hydrogen-bond acceptors (Lipinski definition) is 3. The first-order valence-electron chi connectivity index (χ1n) is 5.57. The zero-order chi connectivity index (χ0) is 13.1. The highest BCUT2D eigenvalue weighted by Gasteiger charge is 2.04. The molecule has 0 fully saturated rings. The average molecular weight is 354 g/mol. The van der Waals surface area contributed by atoms with Crippen LogP contribution in [0.1, 0.15) is 5.56 Å². The fraction of sp³-hybridized carbons (Fsp3) is 0.143. The zero-order valence-electron chi connectivity index (χ0n) is 10.3. The number of halogens is 1. The van der Waals surface area contributed by atoms with E-state index in [-0.39, 0.29) is 0 Å². The summed E-state index contributed by atoms with van der Waals surface area (Å²) in [6.45, 7) is 2.05. The van der Waals surface area contributed by atoms with Gasteiger partial charge in [0.2, 0.25) is 0 Å². The number of nitrogen functional groups attached to an aromatic ring is 1. The van der Waals surface area contributed by atoms with E-state index in [9.17, 15) is 0 Å². The Kier molecular flexibility index (Phi) is 3.96. The Morgan fingerprint density at radius 2 is 1.89 bits per heavy atom. The van der Waals surface area contributed by atoms with E-state index < -0.39 is 0 Å². The second-order valence-electron chi connectivity index (χ2n) is 4.04. The molecule has 2 rings (SSSR count). The van der Waals surface area contributed by atoms with Crippen LogP contribution in [0.15, 0.2) is 36.4 Å². The highest BCUT2D eigenvalue weighted by molar-refractivity contribution is 14.1. The van der Waals surface area contributed by atoms with Crippen molar-refractivity contribution in [2.75, 3.05) is 18.2 Å². The van der Waals surface area contributed by atoms with Gasteiger partial charge in [-0.2, -0.15) is 0 Å². The van der Waals surface area contributed by atoms with Crippen molar-refractivity contribution in [1.29, 1.82) is 0 Å². The lowest BCUT2D eigenvalue weighted by atomic mass is 10.1. The SMILES string of the molecule is COc1ccc(C)c(Nc2ccc(I)cc2N)c1. The van der Waals surface area contributed by atoms with Crippen molar-refractivity contribution < 1.29 is 4.74 Å². The fourth-order valence-corrected chi connectivity index (χ4v) is 2.17. The van der Waals surface area contributed by atoms with E-state index in [1.54, 1.807) is 7.11 Å². The van der Waals surface area contributed by atoms with Crippen molar-refractivity contribution in [2.24, 2.45) is 0 Å². The summed E-state index contributed by atoms with van der Waals surface area (Å²) in [5.41, 5.74) is 9.79. The van der Waals surface area contributed by atoms with Crippen LogP contribution < -0.4 is 15.8 Å². The molecular weight excluding hydrogens is 339 g/mol. The molecular formula is C14H15IN2O. The van der Waals surface area contributed by atoms with E-state index in [2.05, 4.69) is 27.9 Å². The van der Waals surface area contributed by atoms with Crippen LogP contribution in [0.25, 0.3) is 0 Å². The molecule has 0 spiro atoms. The number of aryl methyl sites for hydroxylation is 1. The van der Waals surface area contributed by atoms with Gasteiger partial charge in [0.15, 0.2) is 0 Å². The highest BCUT2D eigenvalue weighted by atomic mass is 127. The molecule has 0 saturated heterocycles. The zero-order valence-corrected chi connectivity index (χ0v) is 12.5. The molecule has 3 N–H and O–H groups in total. The van der Waals surface area contributed by atoms with Crippen molar-refractivity contribution in [2.45, 2.75) is 6.92 Å². The second kappa shape index (κ2) is 5.48. The van der Waals surface area contributed by atoms with Gasteiger partial charge in [0, 0.05) is 15.3 Å². The van der Waals surface area contributed by atoms with Gasteiger partial charge in [-0.15, -0.1) is 0 Å². The van der Waals surface area contributed by atoms with Gasteiger partial charge in [-0.3, -0.25) is 0 Å². The predicted octanol–water partition coefficient (Wildman–Crippen LogP) is 3.93. The maximum absolute atomic E-state index is 5.99. The number of rotatable bonds is 3. The summed E-state index contributed by atoms with van der Waals surface area (Å²) in [5.74, 6) is 0.826. The largest absolute Gasteiger partial charge is 0.497 e. The van der Waals surface area contributed by atoms with E-state index in [0.717, 1.165) is 31.9 Å². The summed E-state index contributed by atoms with van der Waals surface area (Å²) in [5, 5.41) is 3.33. The molecule has 0 heterocycles. The molecule has 18 heavy (non-hydrogen) atoms. The minimum atomic E-state index is 0.740. The highest BCUT2D eigenvalue weighted by Crippen LogP contribution is 2.29. The molecule has 4 heteroatoms. The van der Waals surface area contributed by atoms with Crippen LogP contribution >= 0.6 is 22.6 Å². The van der Waals surface area contributed by atoms with Gasteiger partial charge in [-0.05, 0) is 59.3 Å². The molecule has 0 bridgehead atoms. The maximum Gasteiger partial charge on any atom is 0.120 e. The molecule has 2 aromatic carbocycles. The molecule has 0 amide bonds. The van der Waals surface area contributed by atoms with E-state index in [0.29, 0.717) is 0 Å². The lowest BCUT2D eigenvalue weighted by molar-refractivity contribution is 0.415. The summed E-state index contributed by atoms with van der Waals surface area (Å²) in [4.78, 5) is 0. The third-order valence-electron chi connectivity index (χ3n) is 2.73. The van der Waals surface area contributed by atoms with Crippen LogP contribution in [0.5, 0.6) is 5.75 Å². The van der Waals surface area contributed by atoms with Crippen molar-refractivity contribution in [3.05, 3.63) is 45.5 Å². The number of anilines is 3. The lowest BCUT2D eigenvalue weighted by Gasteiger charge is -2.13. The first kappa shape index (κ1) is 13.0. The molecule has 0 aliphatic carbocycles. The van der Waals surface area contributed by atoms with Crippen LogP contribution in [0.4, 0.5) is 17.1 Å². The molecule has 3 nitrogen and oxygen atoms in total. The molecule has 0 aromatic heterocycles. The summed E-state index contributed by atoms with van der Waals surface area (Å²) in [7, 11) is 1.66. The number of nitrogens with one attached hydrogen (secondary N) is 1. The van der Waals surface area contributed by atoms with Crippen LogP contribution in [0, 0.1) is 10.5 Å². The van der Waals surface area contributed by atoms with E-state index in [1.165, 1.54) is 0 Å². The third kappa shape index (κ3) is 2.87. The van der Waals surface area contributed by atoms with E-state index >= 15 is 0 Å². The molecule has 0 radical (unpaired) electrons. The standard InChI is InChI=1S/C14H15IN2O/c1-9-3-5-11(18-2)8-14(9)17-13-6-4-10(15)7-12(13)16/h3-8,17H,16H2,1-2H3. The average Bonchev–Trinajstić information content (AvgIpc) is 2.35. The lowest BCUT2D eigenvalue weighted by Crippen LogP contribution is -1.98. The number of hydrogen-bond donors (Lipinski definition) is 2. The molecule has 0 saturated carbocycles. The minimum absolute atomic E-state index is 0.740. The van der Waals surface area contributed by atoms with Gasteiger partial charge >= 0.3 is 0 Å². The monoisotopic (exact) mass is 354 g/mol.